The quantitative estimate of drug-likeness (QED) is 0.412. The van der Waals surface area contributed by atoms with Gasteiger partial charge in [0.05, 0.1) is 11.9 Å². The maximum Gasteiger partial charge on any atom is 0.490 e. The van der Waals surface area contributed by atoms with E-state index in [2.05, 4.69) is 30.2 Å². The van der Waals surface area contributed by atoms with Crippen molar-refractivity contribution in [2.45, 2.75) is 12.4 Å². The Morgan fingerprint density at radius 3 is 2.37 bits per heavy atom. The molecular weight excluding hydrogens is 426 g/mol. The fourth-order valence-corrected chi connectivity index (χ4v) is 2.19. The van der Waals surface area contributed by atoms with E-state index >= 15 is 0 Å². The van der Waals surface area contributed by atoms with Crippen LogP contribution in [0.2, 0.25) is 0 Å². The number of rotatable bonds is 2. The minimum Gasteiger partial charge on any atom is -0.475 e. The summed E-state index contributed by atoms with van der Waals surface area (Å²) < 4.78 is 71.5. The summed E-state index contributed by atoms with van der Waals surface area (Å²) in [6.45, 7) is 0. The van der Waals surface area contributed by atoms with E-state index in [-0.39, 0.29) is 11.5 Å². The Morgan fingerprint density at radius 2 is 1.83 bits per heavy atom. The summed E-state index contributed by atoms with van der Waals surface area (Å²) in [5, 5.41) is 19.1. The Bertz CT molecular complexity index is 1160. The second-order valence-corrected chi connectivity index (χ2v) is 5.39. The van der Waals surface area contributed by atoms with Gasteiger partial charge in [-0.05, 0) is 6.07 Å². The van der Waals surface area contributed by atoms with Crippen LogP contribution >= 0.6 is 0 Å². The molecule has 0 aliphatic rings. The van der Waals surface area contributed by atoms with Crippen molar-refractivity contribution in [3.63, 3.8) is 0 Å². The maximum atomic E-state index is 12.7. The number of aliphatic carboxylic acids is 1. The number of fused-ring (bicyclic) bond motifs is 1. The maximum absolute atomic E-state index is 12.7. The molecule has 0 spiro atoms. The van der Waals surface area contributed by atoms with E-state index in [1.807, 2.05) is 5.10 Å². The van der Waals surface area contributed by atoms with Crippen molar-refractivity contribution in [3.8, 4) is 22.8 Å². The Kier molecular flexibility index (Phi) is 5.15. The fourth-order valence-electron chi connectivity index (χ4n) is 2.19. The smallest absolute Gasteiger partial charge is 0.475 e. The molecule has 0 bridgehead atoms. The Balaban J connectivity index is 0.000000318. The number of H-pyrrole nitrogens is 2. The van der Waals surface area contributed by atoms with Gasteiger partial charge >= 0.3 is 18.3 Å². The van der Waals surface area contributed by atoms with Crippen LogP contribution in [0.5, 0.6) is 0 Å². The number of hydrogen-bond donors (Lipinski definition) is 3. The summed E-state index contributed by atoms with van der Waals surface area (Å²) in [6.07, 6.45) is -3.35. The van der Waals surface area contributed by atoms with Gasteiger partial charge < -0.3 is 5.11 Å². The fraction of sp³-hybridized carbons (Fsp3) is 0.143. The van der Waals surface area contributed by atoms with Crippen LogP contribution in [0.15, 0.2) is 30.9 Å². The number of hydrogen-bond acceptors (Lipinski definition) is 6. The summed E-state index contributed by atoms with van der Waals surface area (Å²) in [7, 11) is 0. The van der Waals surface area contributed by atoms with Crippen molar-refractivity contribution in [3.05, 3.63) is 36.7 Å². The molecule has 0 aliphatic carbocycles. The van der Waals surface area contributed by atoms with Crippen LogP contribution in [0, 0.1) is 0 Å². The Hall–Kier alpha value is -3.98. The molecule has 0 atom stereocenters. The van der Waals surface area contributed by atoms with Crippen LogP contribution in [-0.2, 0) is 11.0 Å². The van der Waals surface area contributed by atoms with Gasteiger partial charge in [-0.1, -0.05) is 0 Å². The number of aromatic amines is 2. The molecular formula is C14H8F6N8O2. The SMILES string of the molecule is FC(F)(F)c1nc(-c2nc3ncccn3c2-c2cn[nH]c2)n[nH]1.O=C(O)C(F)(F)F. The van der Waals surface area contributed by atoms with Gasteiger partial charge in [-0.25, -0.2) is 19.7 Å². The first-order valence-electron chi connectivity index (χ1n) is 7.60. The van der Waals surface area contributed by atoms with Gasteiger partial charge in [0.25, 0.3) is 0 Å². The lowest BCUT2D eigenvalue weighted by Gasteiger charge is -2.00. The highest BCUT2D eigenvalue weighted by Crippen LogP contribution is 2.32. The zero-order chi connectivity index (χ0) is 22.1. The molecule has 0 aromatic carbocycles. The minimum atomic E-state index is -5.08. The Labute approximate surface area is 160 Å². The van der Waals surface area contributed by atoms with Crippen molar-refractivity contribution in [2.24, 2.45) is 0 Å². The number of carboxylic acid groups (broad SMARTS) is 1. The molecule has 0 aliphatic heterocycles. The topological polar surface area (TPSA) is 138 Å². The second kappa shape index (κ2) is 7.45. The molecule has 4 heterocycles. The number of carbonyl (C=O) groups is 1. The molecule has 4 aromatic heterocycles. The lowest BCUT2D eigenvalue weighted by Crippen LogP contribution is -2.21. The summed E-state index contributed by atoms with van der Waals surface area (Å²) in [4.78, 5) is 20.7. The molecule has 0 amide bonds. The molecule has 0 fully saturated rings. The average Bonchev–Trinajstić information content (AvgIpc) is 3.38. The van der Waals surface area contributed by atoms with Crippen LogP contribution < -0.4 is 0 Å². The molecule has 0 unspecified atom stereocenters. The third-order valence-electron chi connectivity index (χ3n) is 3.38. The summed E-state index contributed by atoms with van der Waals surface area (Å²) in [6, 6.07) is 1.68. The highest BCUT2D eigenvalue weighted by molar-refractivity contribution is 5.77. The summed E-state index contributed by atoms with van der Waals surface area (Å²) >= 11 is 0. The van der Waals surface area contributed by atoms with Gasteiger partial charge in [0.2, 0.25) is 17.4 Å². The number of alkyl halides is 6. The number of halogens is 6. The zero-order valence-electron chi connectivity index (χ0n) is 14.2. The molecule has 3 N–H and O–H groups in total. The van der Waals surface area contributed by atoms with Gasteiger partial charge in [0, 0.05) is 24.2 Å². The summed E-state index contributed by atoms with van der Waals surface area (Å²) in [5.74, 6) is -3.79. The lowest BCUT2D eigenvalue weighted by molar-refractivity contribution is -0.192. The number of aromatic nitrogens is 8. The molecule has 16 heteroatoms. The van der Waals surface area contributed by atoms with Gasteiger partial charge in [-0.15, -0.1) is 0 Å². The second-order valence-electron chi connectivity index (χ2n) is 5.39. The molecule has 0 saturated heterocycles. The van der Waals surface area contributed by atoms with Gasteiger partial charge in [0.1, 0.15) is 5.69 Å². The lowest BCUT2D eigenvalue weighted by atomic mass is 10.2. The monoisotopic (exact) mass is 434 g/mol. The van der Waals surface area contributed by atoms with Crippen molar-refractivity contribution >= 4 is 11.7 Å². The third kappa shape index (κ3) is 4.20. The highest BCUT2D eigenvalue weighted by Gasteiger charge is 2.38. The standard InChI is InChI=1S/C12H7F3N8.C2HF3O2/c13-12(14,15)10-20-9(21-22-10)7-8(6-4-17-18-5-6)23-3-1-2-16-11(23)19-7;3-2(4,5)1(6)7/h1-5H,(H,17,18)(H,20,21,22);(H,6,7). The van der Waals surface area contributed by atoms with Crippen LogP contribution in [0.3, 0.4) is 0 Å². The van der Waals surface area contributed by atoms with Crippen molar-refractivity contribution in [1.29, 1.82) is 0 Å². The van der Waals surface area contributed by atoms with Gasteiger partial charge in [0.15, 0.2) is 0 Å². The van der Waals surface area contributed by atoms with Crippen LogP contribution in [0.1, 0.15) is 5.82 Å². The predicted octanol–water partition coefficient (Wildman–Crippen LogP) is 2.56. The highest BCUT2D eigenvalue weighted by atomic mass is 19.4. The number of nitrogens with one attached hydrogen (secondary N) is 2. The first-order valence-corrected chi connectivity index (χ1v) is 7.60. The van der Waals surface area contributed by atoms with E-state index < -0.39 is 24.1 Å². The van der Waals surface area contributed by atoms with E-state index in [0.717, 1.165) is 0 Å². The van der Waals surface area contributed by atoms with Crippen LogP contribution in [0.25, 0.3) is 28.6 Å². The average molecular weight is 434 g/mol. The number of nitrogens with zero attached hydrogens (tertiary/aromatic N) is 6. The predicted molar refractivity (Wildman–Crippen MR) is 84.6 cm³/mol. The van der Waals surface area contributed by atoms with E-state index in [4.69, 9.17) is 9.90 Å². The molecule has 4 rings (SSSR count). The van der Waals surface area contributed by atoms with E-state index in [0.29, 0.717) is 17.0 Å². The van der Waals surface area contributed by atoms with Crippen molar-refractivity contribution in [1.82, 2.24) is 39.7 Å². The van der Waals surface area contributed by atoms with Crippen molar-refractivity contribution in [2.75, 3.05) is 0 Å². The third-order valence-corrected chi connectivity index (χ3v) is 3.38. The molecule has 0 radical (unpaired) electrons. The first kappa shape index (κ1) is 20.7. The van der Waals surface area contributed by atoms with Crippen molar-refractivity contribution < 1.29 is 36.2 Å². The largest absolute Gasteiger partial charge is 0.490 e. The number of imidazole rings is 1. The van der Waals surface area contributed by atoms with Crippen LogP contribution in [-0.4, -0.2) is 57.0 Å². The molecule has 158 valence electrons. The molecule has 4 aromatic rings. The first-order chi connectivity index (χ1) is 14.0. The number of carboxylic acids is 1. The molecule has 10 nitrogen and oxygen atoms in total. The summed E-state index contributed by atoms with van der Waals surface area (Å²) in [5.41, 5.74) is 1.30. The zero-order valence-corrected chi connectivity index (χ0v) is 14.2. The van der Waals surface area contributed by atoms with Gasteiger partial charge in [-0.2, -0.15) is 36.5 Å². The van der Waals surface area contributed by atoms with Gasteiger partial charge in [-0.3, -0.25) is 14.6 Å². The molecule has 30 heavy (non-hydrogen) atoms. The normalized spacial score (nSPS) is 11.9. The minimum absolute atomic E-state index is 0.168. The Morgan fingerprint density at radius 1 is 1.13 bits per heavy atom. The van der Waals surface area contributed by atoms with E-state index in [9.17, 15) is 26.3 Å². The van der Waals surface area contributed by atoms with E-state index in [1.165, 1.54) is 12.4 Å². The van der Waals surface area contributed by atoms with Crippen LogP contribution in [0.4, 0.5) is 26.3 Å². The van der Waals surface area contributed by atoms with E-state index in [1.54, 1.807) is 22.9 Å². The molecule has 0 saturated carbocycles.